The van der Waals surface area contributed by atoms with E-state index < -0.39 is 0 Å². The maximum atomic E-state index is 12.2. The summed E-state index contributed by atoms with van der Waals surface area (Å²) in [6.07, 6.45) is 2.38. The van der Waals surface area contributed by atoms with E-state index in [-0.39, 0.29) is 17.6 Å². The number of carbonyl (C=O) groups excluding carboxylic acids is 1. The lowest BCUT2D eigenvalue weighted by molar-refractivity contribution is 0.0953. The zero-order valence-electron chi connectivity index (χ0n) is 14.9. The molecule has 9 nitrogen and oxygen atoms in total. The third kappa shape index (κ3) is 4.32. The van der Waals surface area contributed by atoms with Crippen LogP contribution in [0.1, 0.15) is 22.5 Å². The van der Waals surface area contributed by atoms with Gasteiger partial charge in [0.1, 0.15) is 5.65 Å². The van der Waals surface area contributed by atoms with E-state index in [9.17, 15) is 9.59 Å². The highest BCUT2D eigenvalue weighted by molar-refractivity contribution is 5.94. The molecule has 0 atom stereocenters. The Morgan fingerprint density at radius 1 is 1.26 bits per heavy atom. The van der Waals surface area contributed by atoms with Gasteiger partial charge in [-0.2, -0.15) is 4.98 Å². The van der Waals surface area contributed by atoms with Crippen LogP contribution >= 0.6 is 0 Å². The molecule has 140 valence electrons. The van der Waals surface area contributed by atoms with Crippen LogP contribution in [0.3, 0.4) is 0 Å². The fourth-order valence-corrected chi connectivity index (χ4v) is 2.71. The number of nitrogens with one attached hydrogen (secondary N) is 4. The van der Waals surface area contributed by atoms with Crippen LogP contribution in [-0.2, 0) is 0 Å². The maximum absolute atomic E-state index is 12.2. The van der Waals surface area contributed by atoms with Crippen molar-refractivity contribution < 1.29 is 4.79 Å². The fourth-order valence-electron chi connectivity index (χ4n) is 2.71. The van der Waals surface area contributed by atoms with Gasteiger partial charge in [-0.3, -0.25) is 14.8 Å². The molecule has 9 heteroatoms. The van der Waals surface area contributed by atoms with Crippen molar-refractivity contribution in [3.63, 3.8) is 0 Å². The highest BCUT2D eigenvalue weighted by Gasteiger charge is 2.08. The summed E-state index contributed by atoms with van der Waals surface area (Å²) in [6.45, 7) is 2.89. The monoisotopic (exact) mass is 367 g/mol. The number of H-pyrrole nitrogens is 1. The fraction of sp³-hybridized carbons (Fsp3) is 0.222. The molecule has 1 amide bonds. The zero-order valence-corrected chi connectivity index (χ0v) is 14.9. The third-order valence-electron chi connectivity index (χ3n) is 4.00. The minimum absolute atomic E-state index is 0.0883. The smallest absolute Gasteiger partial charge is 0.354 e. The Bertz CT molecular complexity index is 1030. The molecule has 0 saturated heterocycles. The van der Waals surface area contributed by atoms with Crippen molar-refractivity contribution in [1.29, 1.82) is 5.41 Å². The molecule has 0 unspecified atom stereocenters. The summed E-state index contributed by atoms with van der Waals surface area (Å²) in [6, 6.07) is 8.66. The van der Waals surface area contributed by atoms with E-state index in [0.29, 0.717) is 36.4 Å². The molecule has 0 aliphatic carbocycles. The number of amides is 1. The normalized spacial score (nSPS) is 10.7. The molecule has 3 rings (SSSR count). The minimum atomic E-state index is -0.389. The lowest BCUT2D eigenvalue weighted by Crippen LogP contribution is -2.33. The molecule has 27 heavy (non-hydrogen) atoms. The van der Waals surface area contributed by atoms with Gasteiger partial charge in [0.2, 0.25) is 0 Å². The van der Waals surface area contributed by atoms with Gasteiger partial charge in [0.05, 0.1) is 5.69 Å². The van der Waals surface area contributed by atoms with Crippen molar-refractivity contribution in [3.05, 3.63) is 58.3 Å². The molecule has 0 bridgehead atoms. The highest BCUT2D eigenvalue weighted by Crippen LogP contribution is 2.13. The molecule has 0 fully saturated rings. The van der Waals surface area contributed by atoms with E-state index in [1.54, 1.807) is 30.5 Å². The van der Waals surface area contributed by atoms with Gasteiger partial charge < -0.3 is 21.4 Å². The minimum Gasteiger partial charge on any atom is -0.370 e. The Morgan fingerprint density at radius 3 is 2.67 bits per heavy atom. The number of hydrogen-bond donors (Lipinski definition) is 5. The van der Waals surface area contributed by atoms with E-state index in [2.05, 4.69) is 20.6 Å². The van der Waals surface area contributed by atoms with Gasteiger partial charge in [-0.1, -0.05) is 0 Å². The average Bonchev–Trinajstić information content (AvgIpc) is 2.99. The summed E-state index contributed by atoms with van der Waals surface area (Å²) in [5, 5.41) is 13.4. The first-order valence-corrected chi connectivity index (χ1v) is 8.49. The second kappa shape index (κ2) is 7.73. The van der Waals surface area contributed by atoms with Crippen LogP contribution in [0, 0.1) is 12.3 Å². The SMILES string of the molecule is Cc1cc2cn(-c3ccc(C(=O)NCCCNC(=N)N)cc3)c(=O)nc2[nH]1. The summed E-state index contributed by atoms with van der Waals surface area (Å²) in [5.74, 6) is -0.291. The summed E-state index contributed by atoms with van der Waals surface area (Å²) < 4.78 is 1.45. The Kier molecular flexibility index (Phi) is 5.20. The van der Waals surface area contributed by atoms with Crippen LogP contribution in [0.2, 0.25) is 0 Å². The van der Waals surface area contributed by atoms with Gasteiger partial charge in [0, 0.05) is 35.9 Å². The first-order valence-electron chi connectivity index (χ1n) is 8.49. The van der Waals surface area contributed by atoms with Crippen molar-refractivity contribution in [1.82, 2.24) is 25.2 Å². The van der Waals surface area contributed by atoms with Gasteiger partial charge in [-0.05, 0) is 43.7 Å². The molecular formula is C18H21N7O2. The van der Waals surface area contributed by atoms with Crippen molar-refractivity contribution >= 4 is 22.9 Å². The molecule has 0 radical (unpaired) electrons. The van der Waals surface area contributed by atoms with Crippen LogP contribution in [0.5, 0.6) is 0 Å². The second-order valence-electron chi connectivity index (χ2n) is 6.15. The summed E-state index contributed by atoms with van der Waals surface area (Å²) >= 11 is 0. The lowest BCUT2D eigenvalue weighted by atomic mass is 10.2. The summed E-state index contributed by atoms with van der Waals surface area (Å²) in [5.41, 5.74) is 7.42. The number of aromatic nitrogens is 3. The van der Waals surface area contributed by atoms with Crippen LogP contribution in [0.4, 0.5) is 0 Å². The standard InChI is InChI=1S/C18H21N7O2/c1-11-9-13-10-25(18(27)24-15(13)23-11)14-5-3-12(4-6-14)16(26)21-7-2-8-22-17(19)20/h3-6,9-10H,2,7-8H2,1H3,(H,21,26)(H4,19,20,22)(H,23,24,27). The van der Waals surface area contributed by atoms with Gasteiger partial charge >= 0.3 is 5.69 Å². The number of rotatable bonds is 6. The second-order valence-corrected chi connectivity index (χ2v) is 6.15. The van der Waals surface area contributed by atoms with Gasteiger partial charge in [-0.15, -0.1) is 0 Å². The molecular weight excluding hydrogens is 346 g/mol. The van der Waals surface area contributed by atoms with Crippen molar-refractivity contribution in [2.45, 2.75) is 13.3 Å². The number of fused-ring (bicyclic) bond motifs is 1. The number of nitrogens with zero attached hydrogens (tertiary/aromatic N) is 2. The van der Waals surface area contributed by atoms with E-state index >= 15 is 0 Å². The zero-order chi connectivity index (χ0) is 19.4. The van der Waals surface area contributed by atoms with E-state index in [0.717, 1.165) is 11.1 Å². The Balaban J connectivity index is 1.68. The Hall–Kier alpha value is -3.62. The summed E-state index contributed by atoms with van der Waals surface area (Å²) in [7, 11) is 0. The van der Waals surface area contributed by atoms with E-state index in [4.69, 9.17) is 11.1 Å². The van der Waals surface area contributed by atoms with Gasteiger partial charge in [0.25, 0.3) is 5.91 Å². The van der Waals surface area contributed by atoms with Gasteiger partial charge in [-0.25, -0.2) is 4.79 Å². The predicted octanol–water partition coefficient (Wildman–Crippen LogP) is 0.625. The molecule has 0 aliphatic heterocycles. The molecule has 0 saturated carbocycles. The quantitative estimate of drug-likeness (QED) is 0.247. The molecule has 3 aromatic rings. The van der Waals surface area contributed by atoms with Crippen LogP contribution in [0.25, 0.3) is 16.7 Å². The number of aryl methyl sites for hydroxylation is 1. The van der Waals surface area contributed by atoms with Crippen molar-refractivity contribution in [3.8, 4) is 5.69 Å². The van der Waals surface area contributed by atoms with Crippen LogP contribution in [0.15, 0.2) is 41.3 Å². The topological polar surface area (TPSA) is 142 Å². The van der Waals surface area contributed by atoms with Crippen LogP contribution in [-0.4, -0.2) is 39.5 Å². The largest absolute Gasteiger partial charge is 0.370 e. The number of carbonyl (C=O) groups is 1. The number of guanidine groups is 1. The highest BCUT2D eigenvalue weighted by atomic mass is 16.2. The predicted molar refractivity (Wildman–Crippen MR) is 103 cm³/mol. The lowest BCUT2D eigenvalue weighted by Gasteiger charge is -2.08. The third-order valence-corrected chi connectivity index (χ3v) is 4.00. The van der Waals surface area contributed by atoms with Gasteiger partial charge in [0.15, 0.2) is 5.96 Å². The van der Waals surface area contributed by atoms with E-state index in [1.807, 2.05) is 13.0 Å². The molecule has 2 heterocycles. The Labute approximate surface area is 155 Å². The number of hydrogen-bond acceptors (Lipinski definition) is 4. The molecule has 1 aromatic carbocycles. The van der Waals surface area contributed by atoms with E-state index in [1.165, 1.54) is 4.57 Å². The number of aromatic amines is 1. The molecule has 0 aliphatic rings. The molecule has 6 N–H and O–H groups in total. The van der Waals surface area contributed by atoms with Crippen molar-refractivity contribution in [2.24, 2.45) is 5.73 Å². The first-order chi connectivity index (χ1) is 12.9. The molecule has 2 aromatic heterocycles. The number of nitrogens with two attached hydrogens (primary N) is 1. The first kappa shape index (κ1) is 18.2. The van der Waals surface area contributed by atoms with Crippen LogP contribution < -0.4 is 22.1 Å². The Morgan fingerprint density at radius 2 is 1.96 bits per heavy atom. The van der Waals surface area contributed by atoms with Crippen molar-refractivity contribution in [2.75, 3.05) is 13.1 Å². The maximum Gasteiger partial charge on any atom is 0.354 e. The summed E-state index contributed by atoms with van der Waals surface area (Å²) in [4.78, 5) is 31.5. The number of benzene rings is 1. The molecule has 0 spiro atoms. The average molecular weight is 367 g/mol.